The molecule has 0 bridgehead atoms. The van der Waals surface area contributed by atoms with Crippen LogP contribution in [-0.2, 0) is 23.1 Å². The van der Waals surface area contributed by atoms with Gasteiger partial charge in [-0.3, -0.25) is 0 Å². The fourth-order valence-electron chi connectivity index (χ4n) is 2.06. The molecule has 1 aromatic rings. The zero-order valence-electron chi connectivity index (χ0n) is 13.5. The molecule has 0 aliphatic rings. The van der Waals surface area contributed by atoms with E-state index in [-0.39, 0.29) is 0 Å². The van der Waals surface area contributed by atoms with Gasteiger partial charge in [0, 0.05) is 38.1 Å². The van der Waals surface area contributed by atoms with Gasteiger partial charge in [-0.05, 0) is 33.1 Å². The molecule has 0 fully saturated rings. The van der Waals surface area contributed by atoms with E-state index in [0.29, 0.717) is 24.5 Å². The van der Waals surface area contributed by atoms with E-state index in [1.807, 2.05) is 25.6 Å². The van der Waals surface area contributed by atoms with Crippen molar-refractivity contribution in [3.63, 3.8) is 0 Å². The lowest BCUT2D eigenvalue weighted by molar-refractivity contribution is 0.358. The SMILES string of the molecule is CCCn1cc(S(=O)(=O)NCCN(C)CC)cc1CNC. The van der Waals surface area contributed by atoms with Crippen LogP contribution >= 0.6 is 0 Å². The largest absolute Gasteiger partial charge is 0.349 e. The van der Waals surface area contributed by atoms with Crippen molar-refractivity contribution in [1.29, 1.82) is 0 Å². The van der Waals surface area contributed by atoms with Crippen molar-refractivity contribution in [2.75, 3.05) is 33.7 Å². The van der Waals surface area contributed by atoms with Crippen LogP contribution in [0.25, 0.3) is 0 Å². The highest BCUT2D eigenvalue weighted by molar-refractivity contribution is 7.89. The fraction of sp³-hybridized carbons (Fsp3) is 0.714. The molecule has 0 aliphatic heterocycles. The highest BCUT2D eigenvalue weighted by Crippen LogP contribution is 2.15. The van der Waals surface area contributed by atoms with Gasteiger partial charge in [0.1, 0.15) is 0 Å². The average Bonchev–Trinajstić information content (AvgIpc) is 2.83. The molecule has 0 amide bonds. The Hall–Kier alpha value is -0.890. The summed E-state index contributed by atoms with van der Waals surface area (Å²) in [7, 11) is 0.399. The van der Waals surface area contributed by atoms with Gasteiger partial charge in [0.2, 0.25) is 10.0 Å². The van der Waals surface area contributed by atoms with Crippen molar-refractivity contribution >= 4 is 10.0 Å². The Morgan fingerprint density at radius 1 is 1.33 bits per heavy atom. The summed E-state index contributed by atoms with van der Waals surface area (Å²) >= 11 is 0. The minimum atomic E-state index is -3.43. The highest BCUT2D eigenvalue weighted by atomic mass is 32.2. The molecule has 0 spiro atoms. The standard InChI is InChI=1S/C14H28N4O2S/c1-5-8-18-12-14(10-13(18)11-15-3)21(19,20)16-7-9-17(4)6-2/h10,12,15-16H,5-9,11H2,1-4H3. The fourth-order valence-corrected chi connectivity index (χ4v) is 3.15. The monoisotopic (exact) mass is 316 g/mol. The molecule has 7 heteroatoms. The minimum Gasteiger partial charge on any atom is -0.349 e. The van der Waals surface area contributed by atoms with E-state index in [1.54, 1.807) is 12.3 Å². The lowest BCUT2D eigenvalue weighted by atomic mass is 10.4. The zero-order valence-corrected chi connectivity index (χ0v) is 14.3. The smallest absolute Gasteiger partial charge is 0.242 e. The number of hydrogen-bond acceptors (Lipinski definition) is 4. The second kappa shape index (κ2) is 8.53. The Morgan fingerprint density at radius 3 is 2.62 bits per heavy atom. The second-order valence-corrected chi connectivity index (χ2v) is 6.95. The van der Waals surface area contributed by atoms with E-state index in [0.717, 1.165) is 25.2 Å². The first-order valence-corrected chi connectivity index (χ1v) is 8.94. The molecule has 0 aliphatic carbocycles. The molecule has 0 aromatic carbocycles. The predicted molar refractivity (Wildman–Crippen MR) is 85.8 cm³/mol. The van der Waals surface area contributed by atoms with E-state index >= 15 is 0 Å². The molecule has 122 valence electrons. The van der Waals surface area contributed by atoms with Gasteiger partial charge in [-0.1, -0.05) is 13.8 Å². The first-order valence-electron chi connectivity index (χ1n) is 7.46. The molecular weight excluding hydrogens is 288 g/mol. The molecule has 6 nitrogen and oxygen atoms in total. The lowest BCUT2D eigenvalue weighted by Crippen LogP contribution is -2.32. The van der Waals surface area contributed by atoms with Crippen molar-refractivity contribution in [3.05, 3.63) is 18.0 Å². The summed E-state index contributed by atoms with van der Waals surface area (Å²) in [5.41, 5.74) is 0.991. The summed E-state index contributed by atoms with van der Waals surface area (Å²) in [5, 5.41) is 3.07. The van der Waals surface area contributed by atoms with Crippen LogP contribution in [0.3, 0.4) is 0 Å². The van der Waals surface area contributed by atoms with Crippen LogP contribution in [0.2, 0.25) is 0 Å². The molecule has 1 aromatic heterocycles. The van der Waals surface area contributed by atoms with Gasteiger partial charge >= 0.3 is 0 Å². The Bertz CT molecular complexity index is 502. The number of likely N-dealkylation sites (N-methyl/N-ethyl adjacent to an activating group) is 1. The van der Waals surface area contributed by atoms with E-state index < -0.39 is 10.0 Å². The second-order valence-electron chi connectivity index (χ2n) is 5.18. The zero-order chi connectivity index (χ0) is 15.9. The number of aryl methyl sites for hydroxylation is 1. The van der Waals surface area contributed by atoms with Crippen LogP contribution in [-0.4, -0.2) is 51.6 Å². The van der Waals surface area contributed by atoms with Gasteiger partial charge < -0.3 is 14.8 Å². The molecule has 0 atom stereocenters. The van der Waals surface area contributed by atoms with Gasteiger partial charge in [0.05, 0.1) is 4.90 Å². The summed E-state index contributed by atoms with van der Waals surface area (Å²) in [6.45, 7) is 7.64. The van der Waals surface area contributed by atoms with Crippen LogP contribution in [0.5, 0.6) is 0 Å². The van der Waals surface area contributed by atoms with Crippen molar-refractivity contribution in [3.8, 4) is 0 Å². The minimum absolute atomic E-state index is 0.348. The third kappa shape index (κ3) is 5.43. The summed E-state index contributed by atoms with van der Waals surface area (Å²) in [5.74, 6) is 0. The molecule has 0 saturated heterocycles. The van der Waals surface area contributed by atoms with Gasteiger partial charge in [0.15, 0.2) is 0 Å². The Balaban J connectivity index is 2.80. The Morgan fingerprint density at radius 2 is 2.05 bits per heavy atom. The van der Waals surface area contributed by atoms with Crippen molar-refractivity contribution < 1.29 is 8.42 Å². The maximum atomic E-state index is 12.3. The molecule has 1 heterocycles. The summed E-state index contributed by atoms with van der Waals surface area (Å²) < 4.78 is 29.3. The highest BCUT2D eigenvalue weighted by Gasteiger charge is 2.17. The van der Waals surface area contributed by atoms with E-state index in [9.17, 15) is 8.42 Å². The first kappa shape index (κ1) is 18.2. The van der Waals surface area contributed by atoms with Crippen molar-refractivity contribution in [2.45, 2.75) is 38.3 Å². The molecule has 21 heavy (non-hydrogen) atoms. The molecule has 0 radical (unpaired) electrons. The van der Waals surface area contributed by atoms with E-state index in [4.69, 9.17) is 0 Å². The Kier molecular flexibility index (Phi) is 7.37. The number of nitrogens with one attached hydrogen (secondary N) is 2. The van der Waals surface area contributed by atoms with E-state index in [1.165, 1.54) is 0 Å². The van der Waals surface area contributed by atoms with Gasteiger partial charge in [0.25, 0.3) is 0 Å². The summed E-state index contributed by atoms with van der Waals surface area (Å²) in [6, 6.07) is 1.75. The number of aromatic nitrogens is 1. The topological polar surface area (TPSA) is 66.4 Å². The third-order valence-electron chi connectivity index (χ3n) is 3.42. The molecule has 1 rings (SSSR count). The molecule has 0 saturated carbocycles. The maximum Gasteiger partial charge on any atom is 0.242 e. The van der Waals surface area contributed by atoms with Crippen LogP contribution in [0.4, 0.5) is 0 Å². The van der Waals surface area contributed by atoms with Gasteiger partial charge in [-0.25, -0.2) is 13.1 Å². The van der Waals surface area contributed by atoms with Gasteiger partial charge in [-0.2, -0.15) is 0 Å². The number of nitrogens with zero attached hydrogens (tertiary/aromatic N) is 2. The normalized spacial score (nSPS) is 12.2. The molecule has 2 N–H and O–H groups in total. The number of hydrogen-bond donors (Lipinski definition) is 2. The molecular formula is C14H28N4O2S. The predicted octanol–water partition coefficient (Wildman–Crippen LogP) is 0.848. The van der Waals surface area contributed by atoms with Crippen LogP contribution in [0, 0.1) is 0 Å². The number of rotatable bonds is 10. The average molecular weight is 316 g/mol. The van der Waals surface area contributed by atoms with Crippen LogP contribution in [0.1, 0.15) is 26.0 Å². The summed E-state index contributed by atoms with van der Waals surface area (Å²) in [6.07, 6.45) is 2.70. The number of sulfonamides is 1. The quantitative estimate of drug-likeness (QED) is 0.671. The Labute approximate surface area is 128 Å². The lowest BCUT2D eigenvalue weighted by Gasteiger charge is -2.13. The maximum absolute atomic E-state index is 12.3. The van der Waals surface area contributed by atoms with Crippen LogP contribution < -0.4 is 10.0 Å². The van der Waals surface area contributed by atoms with Crippen LogP contribution in [0.15, 0.2) is 17.2 Å². The van der Waals surface area contributed by atoms with Crippen molar-refractivity contribution in [1.82, 2.24) is 19.5 Å². The third-order valence-corrected chi connectivity index (χ3v) is 4.85. The van der Waals surface area contributed by atoms with Crippen molar-refractivity contribution in [2.24, 2.45) is 0 Å². The summed E-state index contributed by atoms with van der Waals surface area (Å²) in [4.78, 5) is 2.41. The van der Waals surface area contributed by atoms with Gasteiger partial charge in [-0.15, -0.1) is 0 Å². The first-order chi connectivity index (χ1) is 9.94. The molecule has 0 unspecified atom stereocenters. The van der Waals surface area contributed by atoms with E-state index in [2.05, 4.69) is 21.9 Å².